The minimum atomic E-state index is -2.26. The Hall–Kier alpha value is -2.38. The first-order valence-corrected chi connectivity index (χ1v) is 8.03. The van der Waals surface area contributed by atoms with Crippen LogP contribution in [0.4, 0.5) is 0 Å². The molecule has 0 unspecified atom stereocenters. The second kappa shape index (κ2) is 8.16. The summed E-state index contributed by atoms with van der Waals surface area (Å²) in [4.78, 5) is 0. The van der Waals surface area contributed by atoms with E-state index in [0.717, 1.165) is 24.0 Å². The second-order valence-electron chi connectivity index (χ2n) is 4.68. The summed E-state index contributed by atoms with van der Waals surface area (Å²) in [6.07, 6.45) is 5.24. The number of rotatable bonds is 8. The van der Waals surface area contributed by atoms with Crippen molar-refractivity contribution in [2.45, 2.75) is 12.8 Å². The molecule has 0 fully saturated rings. The van der Waals surface area contributed by atoms with Crippen LogP contribution in [0.1, 0.15) is 11.1 Å². The Morgan fingerprint density at radius 2 is 1.14 bits per heavy atom. The molecular formula is C18H18O3P+. The van der Waals surface area contributed by atoms with Crippen molar-refractivity contribution >= 4 is 8.25 Å². The van der Waals surface area contributed by atoms with E-state index in [0.29, 0.717) is 11.5 Å². The monoisotopic (exact) mass is 313 g/mol. The van der Waals surface area contributed by atoms with Gasteiger partial charge in [-0.1, -0.05) is 36.4 Å². The van der Waals surface area contributed by atoms with Crippen LogP contribution in [0.3, 0.4) is 0 Å². The molecule has 3 nitrogen and oxygen atoms in total. The average molecular weight is 313 g/mol. The van der Waals surface area contributed by atoms with Crippen molar-refractivity contribution in [1.82, 2.24) is 0 Å². The van der Waals surface area contributed by atoms with Crippen LogP contribution in [0.15, 0.2) is 73.8 Å². The molecule has 0 aliphatic heterocycles. The minimum Gasteiger partial charge on any atom is -0.222 e. The summed E-state index contributed by atoms with van der Waals surface area (Å²) in [5.74, 6) is 1.02. The summed E-state index contributed by atoms with van der Waals surface area (Å²) < 4.78 is 22.4. The van der Waals surface area contributed by atoms with Gasteiger partial charge in [0.05, 0.1) is 0 Å². The van der Waals surface area contributed by atoms with Gasteiger partial charge in [0.2, 0.25) is 0 Å². The Balaban J connectivity index is 1.91. The van der Waals surface area contributed by atoms with Crippen molar-refractivity contribution in [2.24, 2.45) is 0 Å². The fourth-order valence-corrected chi connectivity index (χ4v) is 2.52. The molecule has 0 aliphatic carbocycles. The van der Waals surface area contributed by atoms with Crippen LogP contribution in [0.2, 0.25) is 0 Å². The summed E-state index contributed by atoms with van der Waals surface area (Å²) in [6, 6.07) is 14.7. The van der Waals surface area contributed by atoms with Crippen LogP contribution >= 0.6 is 8.25 Å². The third-order valence-electron chi connectivity index (χ3n) is 2.97. The molecule has 2 rings (SSSR count). The van der Waals surface area contributed by atoms with E-state index in [2.05, 4.69) is 13.2 Å². The van der Waals surface area contributed by atoms with E-state index in [1.165, 1.54) is 0 Å². The molecule has 0 aliphatic rings. The minimum absolute atomic E-state index is 0.511. The first-order chi connectivity index (χ1) is 10.7. The zero-order chi connectivity index (χ0) is 15.8. The largest absolute Gasteiger partial charge is 0.805 e. The van der Waals surface area contributed by atoms with Gasteiger partial charge in [-0.05, 0) is 48.2 Å². The number of hydrogen-bond acceptors (Lipinski definition) is 3. The SMILES string of the molecule is C=CCc1ccc(O[P+](=O)Oc2ccc(CC=C)cc2)cc1. The number of benzene rings is 2. The highest BCUT2D eigenvalue weighted by Crippen LogP contribution is 2.30. The lowest BCUT2D eigenvalue weighted by atomic mass is 10.1. The van der Waals surface area contributed by atoms with Crippen LogP contribution in [0.25, 0.3) is 0 Å². The van der Waals surface area contributed by atoms with Gasteiger partial charge in [0.1, 0.15) is 0 Å². The third kappa shape index (κ3) is 4.87. The zero-order valence-corrected chi connectivity index (χ0v) is 13.2. The molecule has 0 saturated carbocycles. The van der Waals surface area contributed by atoms with Crippen LogP contribution in [0.5, 0.6) is 11.5 Å². The number of allylic oxidation sites excluding steroid dienone is 2. The molecule has 2 aromatic carbocycles. The standard InChI is InChI=1S/C18H18O3P/c1-3-5-15-7-11-17(12-8-15)20-22(19)21-18-13-9-16(6-4-2)10-14-18/h3-4,7-14H,1-2,5-6H2/q+1. The van der Waals surface area contributed by atoms with Crippen LogP contribution < -0.4 is 9.05 Å². The Labute approximate surface area is 131 Å². The molecule has 0 aromatic heterocycles. The molecule has 112 valence electrons. The van der Waals surface area contributed by atoms with E-state index in [9.17, 15) is 4.57 Å². The van der Waals surface area contributed by atoms with Crippen LogP contribution in [-0.4, -0.2) is 0 Å². The van der Waals surface area contributed by atoms with Crippen LogP contribution in [-0.2, 0) is 17.4 Å². The van der Waals surface area contributed by atoms with Crippen molar-refractivity contribution in [1.29, 1.82) is 0 Å². The molecule has 2 aromatic rings. The predicted octanol–water partition coefficient (Wildman–Crippen LogP) is 5.26. The highest BCUT2D eigenvalue weighted by Gasteiger charge is 2.23. The van der Waals surface area contributed by atoms with Gasteiger partial charge < -0.3 is 0 Å². The molecule has 0 saturated heterocycles. The van der Waals surface area contributed by atoms with Crippen molar-refractivity contribution < 1.29 is 13.6 Å². The highest BCUT2D eigenvalue weighted by atomic mass is 31.1. The van der Waals surface area contributed by atoms with Gasteiger partial charge in [-0.25, -0.2) is 9.05 Å². The van der Waals surface area contributed by atoms with E-state index < -0.39 is 8.25 Å². The number of hydrogen-bond donors (Lipinski definition) is 0. The maximum atomic E-state index is 11.9. The maximum absolute atomic E-state index is 11.9. The summed E-state index contributed by atoms with van der Waals surface area (Å²) in [7, 11) is -2.26. The van der Waals surface area contributed by atoms with Crippen molar-refractivity contribution in [3.05, 3.63) is 85.0 Å². The first-order valence-electron chi connectivity index (χ1n) is 6.94. The molecule has 0 bridgehead atoms. The molecule has 0 radical (unpaired) electrons. The molecule has 0 spiro atoms. The summed E-state index contributed by atoms with van der Waals surface area (Å²) in [5.41, 5.74) is 2.24. The Bertz CT molecular complexity index is 588. The fraction of sp³-hybridized carbons (Fsp3) is 0.111. The summed E-state index contributed by atoms with van der Waals surface area (Å²) in [6.45, 7) is 7.38. The molecule has 0 N–H and O–H groups in total. The van der Waals surface area contributed by atoms with E-state index >= 15 is 0 Å². The highest BCUT2D eigenvalue weighted by molar-refractivity contribution is 7.34. The lowest BCUT2D eigenvalue weighted by Crippen LogP contribution is -1.90. The van der Waals surface area contributed by atoms with E-state index in [1.54, 1.807) is 24.3 Å². The summed E-state index contributed by atoms with van der Waals surface area (Å²) >= 11 is 0. The van der Waals surface area contributed by atoms with E-state index in [4.69, 9.17) is 9.05 Å². The molecule has 4 heteroatoms. The second-order valence-corrected chi connectivity index (χ2v) is 5.49. The predicted molar refractivity (Wildman–Crippen MR) is 89.5 cm³/mol. The topological polar surface area (TPSA) is 35.5 Å². The van der Waals surface area contributed by atoms with Gasteiger partial charge in [-0.2, -0.15) is 0 Å². The maximum Gasteiger partial charge on any atom is 0.805 e. The third-order valence-corrected chi connectivity index (χ3v) is 3.69. The van der Waals surface area contributed by atoms with Crippen molar-refractivity contribution in [3.8, 4) is 11.5 Å². The zero-order valence-electron chi connectivity index (χ0n) is 12.3. The van der Waals surface area contributed by atoms with Crippen molar-refractivity contribution in [3.63, 3.8) is 0 Å². The molecule has 22 heavy (non-hydrogen) atoms. The van der Waals surface area contributed by atoms with Gasteiger partial charge in [0, 0.05) is 4.57 Å². The van der Waals surface area contributed by atoms with Gasteiger partial charge in [-0.3, -0.25) is 0 Å². The Morgan fingerprint density at radius 3 is 1.45 bits per heavy atom. The molecule has 0 atom stereocenters. The molecule has 0 heterocycles. The lowest BCUT2D eigenvalue weighted by molar-refractivity contribution is 0.415. The van der Waals surface area contributed by atoms with E-state index in [-0.39, 0.29) is 0 Å². The smallest absolute Gasteiger partial charge is 0.222 e. The Kier molecular flexibility index (Phi) is 5.93. The Morgan fingerprint density at radius 1 is 0.773 bits per heavy atom. The lowest BCUT2D eigenvalue weighted by Gasteiger charge is -1.98. The fourth-order valence-electron chi connectivity index (χ4n) is 1.90. The first kappa shape index (κ1) is 16.0. The van der Waals surface area contributed by atoms with Gasteiger partial charge in [0.15, 0.2) is 11.5 Å². The van der Waals surface area contributed by atoms with Crippen LogP contribution in [0, 0.1) is 0 Å². The molecular weight excluding hydrogens is 295 g/mol. The van der Waals surface area contributed by atoms with Gasteiger partial charge >= 0.3 is 8.25 Å². The normalized spacial score (nSPS) is 9.82. The summed E-state index contributed by atoms with van der Waals surface area (Å²) in [5, 5.41) is 0. The van der Waals surface area contributed by atoms with Gasteiger partial charge in [-0.15, -0.1) is 13.2 Å². The van der Waals surface area contributed by atoms with Gasteiger partial charge in [0.25, 0.3) is 0 Å². The van der Waals surface area contributed by atoms with E-state index in [1.807, 2.05) is 36.4 Å². The van der Waals surface area contributed by atoms with Crippen molar-refractivity contribution in [2.75, 3.05) is 0 Å². The average Bonchev–Trinajstić information content (AvgIpc) is 2.52. The quantitative estimate of drug-likeness (QED) is 0.492. The molecule has 0 amide bonds.